The number of aliphatic hydroxyl groups is 1. The first kappa shape index (κ1) is 12.0. The first-order chi connectivity index (χ1) is 8.84. The van der Waals surface area contributed by atoms with Gasteiger partial charge < -0.3 is 14.7 Å². The van der Waals surface area contributed by atoms with Gasteiger partial charge in [0.05, 0.1) is 12.7 Å². The molecule has 0 aromatic heterocycles. The summed E-state index contributed by atoms with van der Waals surface area (Å²) in [4.78, 5) is 2.44. The third-order valence-electron chi connectivity index (χ3n) is 4.04. The van der Waals surface area contributed by atoms with Crippen LogP contribution in [-0.4, -0.2) is 31.4 Å². The molecule has 2 heterocycles. The van der Waals surface area contributed by atoms with Crippen LogP contribution in [-0.2, 0) is 4.74 Å². The highest BCUT2D eigenvalue weighted by Crippen LogP contribution is 2.33. The molecule has 98 valence electrons. The summed E-state index contributed by atoms with van der Waals surface area (Å²) in [5.41, 5.74) is 2.31. The summed E-state index contributed by atoms with van der Waals surface area (Å²) < 4.78 is 5.46. The van der Waals surface area contributed by atoms with Crippen molar-refractivity contribution in [3.63, 3.8) is 0 Å². The first-order valence-corrected chi connectivity index (χ1v) is 6.94. The maximum Gasteiger partial charge on any atom is 0.0810 e. The smallest absolute Gasteiger partial charge is 0.0810 e. The zero-order valence-corrected chi connectivity index (χ0v) is 10.7. The molecular formula is C15H21NO2. The average Bonchev–Trinajstić information content (AvgIpc) is 2.85. The molecule has 0 bridgehead atoms. The molecular weight excluding hydrogens is 226 g/mol. The van der Waals surface area contributed by atoms with Crippen molar-refractivity contribution in [3.8, 4) is 0 Å². The number of rotatable bonds is 2. The molecule has 0 saturated carbocycles. The Morgan fingerprint density at radius 1 is 1.28 bits per heavy atom. The molecule has 1 saturated heterocycles. The zero-order chi connectivity index (χ0) is 12.4. The lowest BCUT2D eigenvalue weighted by Gasteiger charge is -2.27. The summed E-state index contributed by atoms with van der Waals surface area (Å²) in [5.74, 6) is 0.647. The van der Waals surface area contributed by atoms with E-state index in [-0.39, 0.29) is 6.10 Å². The van der Waals surface area contributed by atoms with Crippen LogP contribution in [0.2, 0.25) is 0 Å². The van der Waals surface area contributed by atoms with Crippen molar-refractivity contribution in [1.29, 1.82) is 0 Å². The van der Waals surface area contributed by atoms with E-state index in [1.807, 2.05) is 6.07 Å². The minimum absolute atomic E-state index is 0.300. The van der Waals surface area contributed by atoms with E-state index < -0.39 is 0 Å². The number of aliphatic hydroxyl groups excluding tert-OH is 1. The molecule has 1 fully saturated rings. The maximum atomic E-state index is 10.2. The van der Waals surface area contributed by atoms with E-state index in [2.05, 4.69) is 23.1 Å². The lowest BCUT2D eigenvalue weighted by molar-refractivity contribution is 0.168. The minimum atomic E-state index is -0.300. The highest BCUT2D eigenvalue weighted by atomic mass is 16.5. The second-order valence-electron chi connectivity index (χ2n) is 5.39. The van der Waals surface area contributed by atoms with Gasteiger partial charge in [-0.15, -0.1) is 0 Å². The van der Waals surface area contributed by atoms with Crippen molar-refractivity contribution in [2.45, 2.75) is 25.4 Å². The quantitative estimate of drug-likeness (QED) is 0.871. The Bertz CT molecular complexity index is 401. The van der Waals surface area contributed by atoms with E-state index in [9.17, 15) is 5.11 Å². The molecule has 0 spiro atoms. The van der Waals surface area contributed by atoms with E-state index in [1.54, 1.807) is 0 Å². The standard InChI is InChI=1S/C15H21NO2/c17-15-6-3-8-16(10-12-7-9-18-11-12)14-5-2-1-4-13(14)15/h1-2,4-5,12,15,17H,3,6-11H2. The molecule has 0 aliphatic carbocycles. The van der Waals surface area contributed by atoms with E-state index in [1.165, 1.54) is 12.1 Å². The fourth-order valence-electron chi connectivity index (χ4n) is 3.04. The Morgan fingerprint density at radius 3 is 3.00 bits per heavy atom. The second-order valence-corrected chi connectivity index (χ2v) is 5.39. The summed E-state index contributed by atoms with van der Waals surface area (Å²) >= 11 is 0. The molecule has 2 aliphatic heterocycles. The van der Waals surface area contributed by atoms with Crippen molar-refractivity contribution in [2.24, 2.45) is 5.92 Å². The number of anilines is 1. The van der Waals surface area contributed by atoms with Gasteiger partial charge in [0.1, 0.15) is 0 Å². The molecule has 0 amide bonds. The van der Waals surface area contributed by atoms with E-state index in [0.29, 0.717) is 5.92 Å². The minimum Gasteiger partial charge on any atom is -0.388 e. The van der Waals surface area contributed by atoms with E-state index in [0.717, 1.165) is 44.7 Å². The average molecular weight is 247 g/mol. The van der Waals surface area contributed by atoms with E-state index in [4.69, 9.17) is 4.74 Å². The Balaban J connectivity index is 1.82. The van der Waals surface area contributed by atoms with Crippen LogP contribution >= 0.6 is 0 Å². The molecule has 0 radical (unpaired) electrons. The van der Waals surface area contributed by atoms with Gasteiger partial charge in [-0.05, 0) is 25.3 Å². The van der Waals surface area contributed by atoms with E-state index >= 15 is 0 Å². The summed E-state index contributed by atoms with van der Waals surface area (Å²) in [6, 6.07) is 8.28. The third kappa shape index (κ3) is 2.38. The van der Waals surface area contributed by atoms with Crippen molar-refractivity contribution in [1.82, 2.24) is 0 Å². The molecule has 1 aromatic rings. The van der Waals surface area contributed by atoms with Gasteiger partial charge in [-0.1, -0.05) is 18.2 Å². The number of para-hydroxylation sites is 1. The van der Waals surface area contributed by atoms with Crippen molar-refractivity contribution in [3.05, 3.63) is 29.8 Å². The summed E-state index contributed by atoms with van der Waals surface area (Å²) in [7, 11) is 0. The fraction of sp³-hybridized carbons (Fsp3) is 0.600. The lowest BCUT2D eigenvalue weighted by Crippen LogP contribution is -2.30. The van der Waals surface area contributed by atoms with Crippen LogP contribution in [0.15, 0.2) is 24.3 Å². The summed E-state index contributed by atoms with van der Waals surface area (Å²) in [5, 5.41) is 10.2. The molecule has 2 unspecified atom stereocenters. The molecule has 18 heavy (non-hydrogen) atoms. The fourth-order valence-corrected chi connectivity index (χ4v) is 3.04. The highest BCUT2D eigenvalue weighted by Gasteiger charge is 2.24. The largest absolute Gasteiger partial charge is 0.388 e. The normalized spacial score (nSPS) is 27.9. The highest BCUT2D eigenvalue weighted by molar-refractivity contribution is 5.55. The molecule has 1 aromatic carbocycles. The van der Waals surface area contributed by atoms with Gasteiger partial charge in [0, 0.05) is 36.9 Å². The lowest BCUT2D eigenvalue weighted by atomic mass is 10.0. The SMILES string of the molecule is OC1CCCN(CC2CCOC2)c2ccccc21. The monoisotopic (exact) mass is 247 g/mol. The molecule has 2 aliphatic rings. The van der Waals surface area contributed by atoms with Crippen LogP contribution in [0.25, 0.3) is 0 Å². The van der Waals surface area contributed by atoms with Gasteiger partial charge in [-0.2, -0.15) is 0 Å². The predicted molar refractivity (Wildman–Crippen MR) is 71.8 cm³/mol. The number of hydrogen-bond acceptors (Lipinski definition) is 3. The van der Waals surface area contributed by atoms with Crippen LogP contribution in [0.4, 0.5) is 5.69 Å². The predicted octanol–water partition coefficient (Wildman–Crippen LogP) is 2.36. The number of benzene rings is 1. The maximum absolute atomic E-state index is 10.2. The van der Waals surface area contributed by atoms with Crippen LogP contribution in [0.3, 0.4) is 0 Å². The summed E-state index contributed by atoms with van der Waals surface area (Å²) in [6.07, 6.45) is 2.80. The van der Waals surface area contributed by atoms with Crippen LogP contribution in [0, 0.1) is 5.92 Å². The van der Waals surface area contributed by atoms with Gasteiger partial charge in [0.15, 0.2) is 0 Å². The summed E-state index contributed by atoms with van der Waals surface area (Å²) in [6.45, 7) is 3.90. The topological polar surface area (TPSA) is 32.7 Å². The van der Waals surface area contributed by atoms with Crippen LogP contribution in [0.5, 0.6) is 0 Å². The van der Waals surface area contributed by atoms with Gasteiger partial charge in [0.2, 0.25) is 0 Å². The molecule has 3 heteroatoms. The number of hydrogen-bond donors (Lipinski definition) is 1. The van der Waals surface area contributed by atoms with Gasteiger partial charge >= 0.3 is 0 Å². The molecule has 3 nitrogen and oxygen atoms in total. The van der Waals surface area contributed by atoms with Gasteiger partial charge in [-0.25, -0.2) is 0 Å². The Kier molecular flexibility index (Phi) is 3.52. The Labute approximate surface area is 108 Å². The van der Waals surface area contributed by atoms with Crippen molar-refractivity contribution < 1.29 is 9.84 Å². The zero-order valence-electron chi connectivity index (χ0n) is 10.7. The van der Waals surface area contributed by atoms with Crippen molar-refractivity contribution >= 4 is 5.69 Å². The number of fused-ring (bicyclic) bond motifs is 1. The van der Waals surface area contributed by atoms with Gasteiger partial charge in [-0.3, -0.25) is 0 Å². The molecule has 2 atom stereocenters. The second kappa shape index (κ2) is 5.29. The molecule has 1 N–H and O–H groups in total. The first-order valence-electron chi connectivity index (χ1n) is 6.94. The van der Waals surface area contributed by atoms with Crippen LogP contribution in [0.1, 0.15) is 30.9 Å². The Hall–Kier alpha value is -1.06. The Morgan fingerprint density at radius 2 is 2.17 bits per heavy atom. The number of ether oxygens (including phenoxy) is 1. The van der Waals surface area contributed by atoms with Crippen LogP contribution < -0.4 is 4.90 Å². The van der Waals surface area contributed by atoms with Gasteiger partial charge in [0.25, 0.3) is 0 Å². The third-order valence-corrected chi connectivity index (χ3v) is 4.04. The number of nitrogens with zero attached hydrogens (tertiary/aromatic N) is 1. The van der Waals surface area contributed by atoms with Crippen molar-refractivity contribution in [2.75, 3.05) is 31.2 Å². The molecule has 3 rings (SSSR count).